The van der Waals surface area contributed by atoms with Gasteiger partial charge in [-0.1, -0.05) is 24.3 Å². The summed E-state index contributed by atoms with van der Waals surface area (Å²) in [6.07, 6.45) is 0.289. The van der Waals surface area contributed by atoms with Crippen molar-refractivity contribution in [2.45, 2.75) is 25.9 Å². The molecule has 0 bridgehead atoms. The zero-order valence-corrected chi connectivity index (χ0v) is 11.1. The van der Waals surface area contributed by atoms with Crippen molar-refractivity contribution >= 4 is 17.8 Å². The van der Waals surface area contributed by atoms with Crippen LogP contribution in [0.3, 0.4) is 0 Å². The summed E-state index contributed by atoms with van der Waals surface area (Å²) in [5.74, 6) is -1.74. The Morgan fingerprint density at radius 3 is 2.55 bits per heavy atom. The maximum atomic E-state index is 12.1. The van der Waals surface area contributed by atoms with Gasteiger partial charge in [0.15, 0.2) is 0 Å². The molecule has 0 radical (unpaired) electrons. The van der Waals surface area contributed by atoms with E-state index in [-0.39, 0.29) is 31.3 Å². The average molecular weight is 276 g/mol. The highest BCUT2D eigenvalue weighted by molar-refractivity contribution is 5.88. The zero-order chi connectivity index (χ0) is 14.7. The minimum absolute atomic E-state index is 0.179. The van der Waals surface area contributed by atoms with Crippen molar-refractivity contribution in [3.63, 3.8) is 0 Å². The van der Waals surface area contributed by atoms with Gasteiger partial charge >= 0.3 is 5.97 Å². The molecule has 1 unspecified atom stereocenters. The maximum absolute atomic E-state index is 12.1. The van der Waals surface area contributed by atoms with E-state index in [0.29, 0.717) is 0 Å². The molecule has 6 nitrogen and oxygen atoms in total. The Hall–Kier alpha value is -2.37. The molecule has 1 atom stereocenters. The summed E-state index contributed by atoms with van der Waals surface area (Å²) >= 11 is 0. The van der Waals surface area contributed by atoms with E-state index in [9.17, 15) is 19.5 Å². The van der Waals surface area contributed by atoms with Crippen molar-refractivity contribution in [1.29, 1.82) is 0 Å². The minimum Gasteiger partial charge on any atom is -0.480 e. The van der Waals surface area contributed by atoms with Gasteiger partial charge in [0.2, 0.25) is 11.8 Å². The van der Waals surface area contributed by atoms with Crippen LogP contribution in [0.4, 0.5) is 0 Å². The summed E-state index contributed by atoms with van der Waals surface area (Å²) in [5.41, 5.74) is 1.89. The van der Waals surface area contributed by atoms with Crippen molar-refractivity contribution in [1.82, 2.24) is 10.2 Å². The van der Waals surface area contributed by atoms with Crippen LogP contribution in [0.2, 0.25) is 0 Å². The molecule has 106 valence electrons. The zero-order valence-electron chi connectivity index (χ0n) is 11.1. The second-order valence-corrected chi connectivity index (χ2v) is 4.76. The fourth-order valence-electron chi connectivity index (χ4n) is 2.31. The van der Waals surface area contributed by atoms with Gasteiger partial charge in [0.1, 0.15) is 6.04 Å². The number of carbonyl (C=O) groups excluding carboxylic acids is 2. The van der Waals surface area contributed by atoms with Crippen molar-refractivity contribution in [3.05, 3.63) is 35.4 Å². The van der Waals surface area contributed by atoms with Crippen LogP contribution in [0.5, 0.6) is 0 Å². The first-order valence-electron chi connectivity index (χ1n) is 6.32. The number of nitrogens with one attached hydrogen (secondary N) is 1. The van der Waals surface area contributed by atoms with E-state index < -0.39 is 12.0 Å². The molecule has 2 N–H and O–H groups in total. The third-order valence-electron chi connectivity index (χ3n) is 3.34. The molecule has 20 heavy (non-hydrogen) atoms. The average Bonchev–Trinajstić information content (AvgIpc) is 2.43. The molecule has 0 saturated heterocycles. The number of hydrogen-bond donors (Lipinski definition) is 2. The second-order valence-electron chi connectivity index (χ2n) is 4.76. The van der Waals surface area contributed by atoms with E-state index in [1.165, 1.54) is 11.8 Å². The molecular formula is C14H16N2O4. The van der Waals surface area contributed by atoms with Gasteiger partial charge < -0.3 is 15.3 Å². The van der Waals surface area contributed by atoms with Crippen molar-refractivity contribution in [2.75, 3.05) is 6.54 Å². The number of carbonyl (C=O) groups is 3. The van der Waals surface area contributed by atoms with Gasteiger partial charge in [-0.3, -0.25) is 9.59 Å². The molecule has 1 aliphatic heterocycles. The summed E-state index contributed by atoms with van der Waals surface area (Å²) in [6.45, 7) is 1.39. The topological polar surface area (TPSA) is 86.7 Å². The molecule has 0 saturated carbocycles. The predicted molar refractivity (Wildman–Crippen MR) is 70.8 cm³/mol. The Labute approximate surface area is 116 Å². The molecule has 1 aliphatic rings. The first-order chi connectivity index (χ1) is 9.49. The number of nitrogens with zero attached hydrogens (tertiary/aromatic N) is 1. The van der Waals surface area contributed by atoms with Crippen LogP contribution in [0.1, 0.15) is 18.1 Å². The molecule has 0 aliphatic carbocycles. The van der Waals surface area contributed by atoms with E-state index in [0.717, 1.165) is 11.1 Å². The third kappa shape index (κ3) is 2.96. The fraction of sp³-hybridized carbons (Fsp3) is 0.357. The summed E-state index contributed by atoms with van der Waals surface area (Å²) < 4.78 is 0. The highest BCUT2D eigenvalue weighted by atomic mass is 16.4. The monoisotopic (exact) mass is 276 g/mol. The number of rotatable bonds is 3. The molecule has 0 aromatic heterocycles. The Kier molecular flexibility index (Phi) is 4.02. The normalized spacial score (nSPS) is 17.2. The van der Waals surface area contributed by atoms with E-state index in [1.54, 1.807) is 0 Å². The lowest BCUT2D eigenvalue weighted by molar-refractivity contribution is -0.151. The highest BCUT2D eigenvalue weighted by Crippen LogP contribution is 2.23. The lowest BCUT2D eigenvalue weighted by atomic mass is 9.94. The number of fused-ring (bicyclic) bond motifs is 1. The molecule has 6 heteroatoms. The smallest absolute Gasteiger partial charge is 0.326 e. The number of amides is 2. The lowest BCUT2D eigenvalue weighted by Gasteiger charge is -2.34. The molecular weight excluding hydrogens is 260 g/mol. The Morgan fingerprint density at radius 2 is 1.95 bits per heavy atom. The summed E-state index contributed by atoms with van der Waals surface area (Å²) in [5, 5.41) is 11.7. The van der Waals surface area contributed by atoms with Crippen LogP contribution in [0.25, 0.3) is 0 Å². The van der Waals surface area contributed by atoms with Crippen molar-refractivity contribution < 1.29 is 19.5 Å². The van der Waals surface area contributed by atoms with E-state index >= 15 is 0 Å². The van der Waals surface area contributed by atoms with Gasteiger partial charge in [-0.2, -0.15) is 0 Å². The van der Waals surface area contributed by atoms with Gasteiger partial charge in [-0.05, 0) is 11.1 Å². The van der Waals surface area contributed by atoms with Gasteiger partial charge in [0, 0.05) is 19.9 Å². The number of hydrogen-bond acceptors (Lipinski definition) is 3. The number of carboxylic acid groups (broad SMARTS) is 1. The number of aliphatic carboxylic acids is 1. The molecule has 1 aromatic carbocycles. The molecule has 2 rings (SSSR count). The molecule has 0 fully saturated rings. The Morgan fingerprint density at radius 1 is 1.30 bits per heavy atom. The lowest BCUT2D eigenvalue weighted by Crippen LogP contribution is -2.51. The van der Waals surface area contributed by atoms with Gasteiger partial charge in [-0.25, -0.2) is 4.79 Å². The van der Waals surface area contributed by atoms with E-state index in [1.807, 2.05) is 24.3 Å². The fourth-order valence-corrected chi connectivity index (χ4v) is 2.31. The van der Waals surface area contributed by atoms with Crippen molar-refractivity contribution in [2.24, 2.45) is 0 Å². The Balaban J connectivity index is 2.20. The van der Waals surface area contributed by atoms with Crippen LogP contribution in [-0.4, -0.2) is 40.4 Å². The quantitative estimate of drug-likeness (QED) is 0.823. The van der Waals surface area contributed by atoms with Crippen LogP contribution >= 0.6 is 0 Å². The highest BCUT2D eigenvalue weighted by Gasteiger charge is 2.34. The molecule has 1 heterocycles. The molecule has 0 spiro atoms. The summed E-state index contributed by atoms with van der Waals surface area (Å²) in [7, 11) is 0. The Bertz CT molecular complexity index is 556. The van der Waals surface area contributed by atoms with Gasteiger partial charge in [-0.15, -0.1) is 0 Å². The maximum Gasteiger partial charge on any atom is 0.326 e. The minimum atomic E-state index is -1.03. The largest absolute Gasteiger partial charge is 0.480 e. The first kappa shape index (κ1) is 14.0. The standard InChI is InChI=1S/C14H16N2O4/c1-9(17)15-7-13(18)16-8-11-5-3-2-4-10(11)6-12(16)14(19)20/h2-5,12H,6-8H2,1H3,(H,15,17)(H,19,20). The predicted octanol–water partition coefficient (Wildman–Crippen LogP) is 0.161. The second kappa shape index (κ2) is 5.73. The van der Waals surface area contributed by atoms with Crippen LogP contribution in [-0.2, 0) is 27.3 Å². The number of carboxylic acids is 1. The summed E-state index contributed by atoms with van der Waals surface area (Å²) in [6, 6.07) is 6.58. The molecule has 2 amide bonds. The van der Waals surface area contributed by atoms with Crippen molar-refractivity contribution in [3.8, 4) is 0 Å². The number of benzene rings is 1. The SMILES string of the molecule is CC(=O)NCC(=O)N1Cc2ccccc2CC1C(=O)O. The summed E-state index contributed by atoms with van der Waals surface area (Å²) in [4.78, 5) is 35.6. The van der Waals surface area contributed by atoms with Gasteiger partial charge in [0.05, 0.1) is 6.54 Å². The van der Waals surface area contributed by atoms with E-state index in [2.05, 4.69) is 5.32 Å². The van der Waals surface area contributed by atoms with Gasteiger partial charge in [0.25, 0.3) is 0 Å². The molecule has 1 aromatic rings. The third-order valence-corrected chi connectivity index (χ3v) is 3.34. The van der Waals surface area contributed by atoms with Crippen LogP contribution < -0.4 is 5.32 Å². The van der Waals surface area contributed by atoms with Crippen LogP contribution in [0.15, 0.2) is 24.3 Å². The van der Waals surface area contributed by atoms with Crippen LogP contribution in [0, 0.1) is 0 Å². The van der Waals surface area contributed by atoms with E-state index in [4.69, 9.17) is 0 Å². The first-order valence-corrected chi connectivity index (χ1v) is 6.32.